The third-order valence-electron chi connectivity index (χ3n) is 1.45. The second-order valence-corrected chi connectivity index (χ2v) is 3.30. The molecule has 0 saturated carbocycles. The molecular formula is C9H12BrNO. The first-order valence-electron chi connectivity index (χ1n) is 3.92. The third-order valence-corrected chi connectivity index (χ3v) is 2.30. The maximum atomic E-state index is 5.67. The summed E-state index contributed by atoms with van der Waals surface area (Å²) in [5.41, 5.74) is 6.38. The van der Waals surface area contributed by atoms with Crippen molar-refractivity contribution < 1.29 is 4.74 Å². The molecule has 0 aliphatic heterocycles. The van der Waals surface area contributed by atoms with Crippen molar-refractivity contribution in [1.82, 2.24) is 0 Å². The molecule has 1 rings (SSSR count). The lowest BCUT2D eigenvalue weighted by Gasteiger charge is -2.07. The fourth-order valence-electron chi connectivity index (χ4n) is 0.851. The third kappa shape index (κ3) is 2.14. The number of anilines is 1. The molecule has 66 valence electrons. The van der Waals surface area contributed by atoms with Crippen molar-refractivity contribution in [3.8, 4) is 5.75 Å². The topological polar surface area (TPSA) is 35.2 Å². The molecule has 0 spiro atoms. The van der Waals surface area contributed by atoms with Gasteiger partial charge in [0.1, 0.15) is 5.75 Å². The monoisotopic (exact) mass is 229 g/mol. The first kappa shape index (κ1) is 9.39. The molecule has 0 aliphatic carbocycles. The average molecular weight is 230 g/mol. The molecule has 0 aromatic heterocycles. The molecule has 3 heteroatoms. The molecule has 1 aromatic carbocycles. The molecule has 0 bridgehead atoms. The number of nitrogens with two attached hydrogens (primary N) is 1. The highest BCUT2D eigenvalue weighted by atomic mass is 79.9. The van der Waals surface area contributed by atoms with E-state index in [4.69, 9.17) is 10.5 Å². The van der Waals surface area contributed by atoms with Crippen LogP contribution in [0.25, 0.3) is 0 Å². The molecule has 0 saturated heterocycles. The lowest BCUT2D eigenvalue weighted by molar-refractivity contribution is 0.316. The summed E-state index contributed by atoms with van der Waals surface area (Å²) >= 11 is 3.36. The van der Waals surface area contributed by atoms with Crippen LogP contribution in [0.5, 0.6) is 5.75 Å². The maximum Gasteiger partial charge on any atom is 0.135 e. The second-order valence-electron chi connectivity index (χ2n) is 2.51. The number of nitrogen functional groups attached to an aromatic ring is 1. The fraction of sp³-hybridized carbons (Fsp3) is 0.333. The molecular weight excluding hydrogens is 218 g/mol. The number of rotatable bonds is 3. The highest BCUT2D eigenvalue weighted by molar-refractivity contribution is 9.10. The van der Waals surface area contributed by atoms with Gasteiger partial charge in [0.25, 0.3) is 0 Å². The Morgan fingerprint density at radius 1 is 1.50 bits per heavy atom. The largest absolute Gasteiger partial charge is 0.492 e. The standard InChI is InChI=1S/C9H12BrNO/c1-2-6-12-8-5-3-4-7(11)9(8)10/h3-5H,2,6,11H2,1H3. The van der Waals surface area contributed by atoms with Crippen molar-refractivity contribution >= 4 is 21.6 Å². The van der Waals surface area contributed by atoms with E-state index in [-0.39, 0.29) is 0 Å². The zero-order valence-corrected chi connectivity index (χ0v) is 8.60. The van der Waals surface area contributed by atoms with Crippen molar-refractivity contribution in [2.75, 3.05) is 12.3 Å². The van der Waals surface area contributed by atoms with Crippen LogP contribution in [0.2, 0.25) is 0 Å². The van der Waals surface area contributed by atoms with Crippen molar-refractivity contribution in [2.24, 2.45) is 0 Å². The van der Waals surface area contributed by atoms with E-state index in [1.54, 1.807) is 0 Å². The average Bonchev–Trinajstić information content (AvgIpc) is 2.08. The van der Waals surface area contributed by atoms with E-state index >= 15 is 0 Å². The van der Waals surface area contributed by atoms with Gasteiger partial charge < -0.3 is 10.5 Å². The summed E-state index contributed by atoms with van der Waals surface area (Å²) in [6, 6.07) is 5.62. The van der Waals surface area contributed by atoms with Gasteiger partial charge in [0, 0.05) is 5.69 Å². The predicted molar refractivity (Wildman–Crippen MR) is 54.3 cm³/mol. The molecule has 0 unspecified atom stereocenters. The van der Waals surface area contributed by atoms with Gasteiger partial charge in [-0.05, 0) is 34.5 Å². The number of hydrogen-bond acceptors (Lipinski definition) is 2. The van der Waals surface area contributed by atoms with E-state index in [2.05, 4.69) is 22.9 Å². The number of hydrogen-bond donors (Lipinski definition) is 1. The van der Waals surface area contributed by atoms with Gasteiger partial charge in [-0.3, -0.25) is 0 Å². The van der Waals surface area contributed by atoms with E-state index < -0.39 is 0 Å². The zero-order chi connectivity index (χ0) is 8.97. The van der Waals surface area contributed by atoms with E-state index in [1.165, 1.54) is 0 Å². The van der Waals surface area contributed by atoms with Gasteiger partial charge in [-0.25, -0.2) is 0 Å². The van der Waals surface area contributed by atoms with Crippen LogP contribution in [-0.2, 0) is 0 Å². The molecule has 0 atom stereocenters. The Morgan fingerprint density at radius 2 is 2.25 bits per heavy atom. The lowest BCUT2D eigenvalue weighted by Crippen LogP contribution is -1.97. The Morgan fingerprint density at radius 3 is 2.92 bits per heavy atom. The molecule has 2 N–H and O–H groups in total. The number of halogens is 1. The molecule has 2 nitrogen and oxygen atoms in total. The minimum atomic E-state index is 0.712. The Hall–Kier alpha value is -0.700. The summed E-state index contributed by atoms with van der Waals surface area (Å²) in [6.45, 7) is 2.79. The van der Waals surface area contributed by atoms with Gasteiger partial charge in [0.15, 0.2) is 0 Å². The second kappa shape index (κ2) is 4.36. The maximum absolute atomic E-state index is 5.67. The van der Waals surface area contributed by atoms with Gasteiger partial charge in [-0.2, -0.15) is 0 Å². The molecule has 0 fully saturated rings. The van der Waals surface area contributed by atoms with Gasteiger partial charge in [-0.1, -0.05) is 13.0 Å². The lowest BCUT2D eigenvalue weighted by atomic mass is 10.3. The fourth-order valence-corrected chi connectivity index (χ4v) is 1.23. The summed E-state index contributed by atoms with van der Waals surface area (Å²) in [5.74, 6) is 0.817. The molecule has 12 heavy (non-hydrogen) atoms. The predicted octanol–water partition coefficient (Wildman–Crippen LogP) is 2.82. The summed E-state index contributed by atoms with van der Waals surface area (Å²) < 4.78 is 6.29. The number of benzene rings is 1. The summed E-state index contributed by atoms with van der Waals surface area (Å²) in [6.07, 6.45) is 1.00. The highest BCUT2D eigenvalue weighted by Crippen LogP contribution is 2.30. The summed E-state index contributed by atoms with van der Waals surface area (Å²) in [4.78, 5) is 0. The summed E-state index contributed by atoms with van der Waals surface area (Å²) in [5, 5.41) is 0. The van der Waals surface area contributed by atoms with Gasteiger partial charge in [0.05, 0.1) is 11.1 Å². The van der Waals surface area contributed by atoms with Crippen LogP contribution in [0.4, 0.5) is 5.69 Å². The van der Waals surface area contributed by atoms with Crippen LogP contribution in [0.15, 0.2) is 22.7 Å². The summed E-state index contributed by atoms with van der Waals surface area (Å²) in [7, 11) is 0. The van der Waals surface area contributed by atoms with Crippen LogP contribution < -0.4 is 10.5 Å². The van der Waals surface area contributed by atoms with Crippen molar-refractivity contribution in [1.29, 1.82) is 0 Å². The minimum Gasteiger partial charge on any atom is -0.492 e. The van der Waals surface area contributed by atoms with E-state index in [9.17, 15) is 0 Å². The van der Waals surface area contributed by atoms with Crippen LogP contribution >= 0.6 is 15.9 Å². The van der Waals surface area contributed by atoms with Gasteiger partial charge in [0.2, 0.25) is 0 Å². The smallest absolute Gasteiger partial charge is 0.135 e. The quantitative estimate of drug-likeness (QED) is 0.810. The van der Waals surface area contributed by atoms with Crippen LogP contribution in [0.3, 0.4) is 0 Å². The van der Waals surface area contributed by atoms with Crippen LogP contribution in [0.1, 0.15) is 13.3 Å². The Balaban J connectivity index is 2.78. The van der Waals surface area contributed by atoms with Crippen molar-refractivity contribution in [3.05, 3.63) is 22.7 Å². The Bertz CT molecular complexity index is 263. The minimum absolute atomic E-state index is 0.712. The Labute approximate surface area is 80.8 Å². The van der Waals surface area contributed by atoms with Crippen LogP contribution in [-0.4, -0.2) is 6.61 Å². The van der Waals surface area contributed by atoms with Crippen LogP contribution in [0, 0.1) is 0 Å². The molecule has 0 heterocycles. The van der Waals surface area contributed by atoms with Crippen molar-refractivity contribution in [3.63, 3.8) is 0 Å². The normalized spacial score (nSPS) is 9.83. The van der Waals surface area contributed by atoms with E-state index in [0.29, 0.717) is 5.69 Å². The van der Waals surface area contributed by atoms with E-state index in [0.717, 1.165) is 23.2 Å². The first-order chi connectivity index (χ1) is 5.75. The Kier molecular flexibility index (Phi) is 3.41. The molecule has 0 radical (unpaired) electrons. The number of ether oxygens (including phenoxy) is 1. The highest BCUT2D eigenvalue weighted by Gasteiger charge is 2.02. The van der Waals surface area contributed by atoms with Gasteiger partial charge in [-0.15, -0.1) is 0 Å². The first-order valence-corrected chi connectivity index (χ1v) is 4.71. The van der Waals surface area contributed by atoms with Gasteiger partial charge >= 0.3 is 0 Å². The zero-order valence-electron chi connectivity index (χ0n) is 7.01. The SMILES string of the molecule is CCCOc1cccc(N)c1Br. The van der Waals surface area contributed by atoms with E-state index in [1.807, 2.05) is 18.2 Å². The molecule has 1 aromatic rings. The van der Waals surface area contributed by atoms with Crippen molar-refractivity contribution in [2.45, 2.75) is 13.3 Å². The molecule has 0 amide bonds. The molecule has 0 aliphatic rings.